The number of ether oxygens (including phenoxy) is 1. The molecular weight excluding hydrogens is 308 g/mol. The molecule has 0 atom stereocenters. The normalized spacial score (nSPS) is 31.2. The maximum absolute atomic E-state index is 13.1. The van der Waals surface area contributed by atoms with Crippen molar-refractivity contribution in [1.82, 2.24) is 9.88 Å². The van der Waals surface area contributed by atoms with Gasteiger partial charge in [0.05, 0.1) is 12.0 Å². The fraction of sp³-hybridized carbons (Fsp3) is 0.611. The molecule has 4 fully saturated rings. The minimum Gasteiger partial charge on any atom is -0.481 e. The maximum atomic E-state index is 13.1. The first-order valence-corrected chi connectivity index (χ1v) is 8.63. The molecule has 1 aromatic rings. The highest BCUT2D eigenvalue weighted by Crippen LogP contribution is 2.59. The lowest BCUT2D eigenvalue weighted by molar-refractivity contribution is -0.167. The van der Waals surface area contributed by atoms with Crippen molar-refractivity contribution in [2.45, 2.75) is 50.2 Å². The van der Waals surface area contributed by atoms with Crippen molar-refractivity contribution in [1.29, 1.82) is 0 Å². The zero-order valence-corrected chi connectivity index (χ0v) is 13.6. The lowest BCUT2D eigenvalue weighted by Gasteiger charge is -2.46. The number of hydrogen-bond donors (Lipinski definition) is 1. The summed E-state index contributed by atoms with van der Waals surface area (Å²) in [4.78, 5) is 30.8. The number of aromatic nitrogens is 1. The van der Waals surface area contributed by atoms with Gasteiger partial charge in [-0.1, -0.05) is 6.07 Å². The number of nitrogens with zero attached hydrogens (tertiary/aromatic N) is 2. The average Bonchev–Trinajstić information content (AvgIpc) is 3.07. The van der Waals surface area contributed by atoms with Crippen LogP contribution in [0.25, 0.3) is 0 Å². The van der Waals surface area contributed by atoms with Gasteiger partial charge in [0, 0.05) is 43.7 Å². The summed E-state index contributed by atoms with van der Waals surface area (Å²) in [7, 11) is 0. The average molecular weight is 330 g/mol. The Hall–Kier alpha value is -1.95. The number of hydrogen-bond acceptors (Lipinski definition) is 4. The van der Waals surface area contributed by atoms with E-state index >= 15 is 0 Å². The van der Waals surface area contributed by atoms with Crippen LogP contribution in [-0.4, -0.2) is 51.7 Å². The second kappa shape index (κ2) is 5.55. The second-order valence-electron chi connectivity index (χ2n) is 7.38. The fourth-order valence-electron chi connectivity index (χ4n) is 4.14. The van der Waals surface area contributed by atoms with Crippen LogP contribution in [-0.2, 0) is 20.7 Å². The van der Waals surface area contributed by atoms with Gasteiger partial charge in [-0.2, -0.15) is 0 Å². The van der Waals surface area contributed by atoms with Crippen molar-refractivity contribution in [2.75, 3.05) is 13.2 Å². The minimum atomic E-state index is -0.891. The first-order valence-electron chi connectivity index (χ1n) is 8.63. The van der Waals surface area contributed by atoms with Crippen LogP contribution < -0.4 is 0 Å². The van der Waals surface area contributed by atoms with Crippen molar-refractivity contribution in [3.8, 4) is 0 Å². The van der Waals surface area contributed by atoms with Crippen LogP contribution in [0.5, 0.6) is 0 Å². The zero-order chi connectivity index (χ0) is 16.8. The minimum absolute atomic E-state index is 0.0162. The van der Waals surface area contributed by atoms with Gasteiger partial charge in [0.25, 0.3) is 5.91 Å². The van der Waals surface area contributed by atoms with Gasteiger partial charge >= 0.3 is 5.97 Å². The summed E-state index contributed by atoms with van der Waals surface area (Å²) in [6.07, 6.45) is 6.30. The number of pyridine rings is 1. The highest BCUT2D eigenvalue weighted by Gasteiger charge is 2.71. The molecule has 2 saturated carbocycles. The van der Waals surface area contributed by atoms with E-state index in [1.54, 1.807) is 6.20 Å². The predicted molar refractivity (Wildman–Crippen MR) is 85.3 cm³/mol. The Morgan fingerprint density at radius 3 is 2.67 bits per heavy atom. The van der Waals surface area contributed by atoms with Gasteiger partial charge in [-0.15, -0.1) is 0 Å². The van der Waals surface area contributed by atoms with Crippen LogP contribution in [0, 0.1) is 5.41 Å². The molecule has 2 saturated heterocycles. The largest absolute Gasteiger partial charge is 0.481 e. The Labute approximate surface area is 140 Å². The van der Waals surface area contributed by atoms with E-state index in [1.165, 1.54) is 0 Å². The van der Waals surface area contributed by atoms with E-state index in [0.29, 0.717) is 25.8 Å². The third-order valence-electron chi connectivity index (χ3n) is 5.83. The molecule has 0 unspecified atom stereocenters. The van der Waals surface area contributed by atoms with Crippen LogP contribution in [0.3, 0.4) is 0 Å². The summed E-state index contributed by atoms with van der Waals surface area (Å²) in [5.41, 5.74) is -0.756. The summed E-state index contributed by atoms with van der Waals surface area (Å²) >= 11 is 0. The van der Waals surface area contributed by atoms with Crippen LogP contribution in [0.4, 0.5) is 0 Å². The number of carbonyl (C=O) groups is 2. The Balaban J connectivity index is 1.46. The van der Waals surface area contributed by atoms with E-state index in [2.05, 4.69) is 4.98 Å². The highest BCUT2D eigenvalue weighted by molar-refractivity contribution is 5.92. The van der Waals surface area contributed by atoms with Crippen LogP contribution in [0.2, 0.25) is 0 Å². The number of amides is 1. The number of rotatable bonds is 6. The molecule has 4 aliphatic rings. The Kier molecular flexibility index (Phi) is 3.60. The number of aliphatic carboxylic acids is 1. The molecule has 24 heavy (non-hydrogen) atoms. The van der Waals surface area contributed by atoms with Crippen molar-refractivity contribution in [2.24, 2.45) is 5.41 Å². The van der Waals surface area contributed by atoms with E-state index in [1.807, 2.05) is 23.1 Å². The van der Waals surface area contributed by atoms with Crippen LogP contribution in [0.15, 0.2) is 24.4 Å². The molecule has 5 rings (SSSR count). The molecule has 2 aliphatic carbocycles. The third kappa shape index (κ3) is 2.32. The van der Waals surface area contributed by atoms with Crippen molar-refractivity contribution in [3.05, 3.63) is 30.1 Å². The number of fused-ring (bicyclic) bond motifs is 1. The van der Waals surface area contributed by atoms with E-state index in [-0.39, 0.29) is 18.6 Å². The smallest absolute Gasteiger partial charge is 0.312 e. The summed E-state index contributed by atoms with van der Waals surface area (Å²) in [6, 6.07) is 6.06. The molecular formula is C18H22N2O4. The zero-order valence-electron chi connectivity index (χ0n) is 13.6. The molecule has 1 N–H and O–H groups in total. The van der Waals surface area contributed by atoms with Crippen molar-refractivity contribution in [3.63, 3.8) is 0 Å². The molecule has 1 amide bonds. The molecule has 0 aromatic carbocycles. The van der Waals surface area contributed by atoms with Gasteiger partial charge in [0.2, 0.25) is 0 Å². The van der Waals surface area contributed by atoms with Crippen LogP contribution >= 0.6 is 0 Å². The summed E-state index contributed by atoms with van der Waals surface area (Å²) < 4.78 is 5.71. The molecule has 0 radical (unpaired) electrons. The quantitative estimate of drug-likeness (QED) is 0.858. The van der Waals surface area contributed by atoms with Crippen LogP contribution in [0.1, 0.15) is 37.8 Å². The molecule has 6 nitrogen and oxygen atoms in total. The van der Waals surface area contributed by atoms with Gasteiger partial charge in [0.1, 0.15) is 5.60 Å². The third-order valence-corrected chi connectivity index (χ3v) is 5.83. The second-order valence-corrected chi connectivity index (χ2v) is 7.38. The Bertz CT molecular complexity index is 650. The van der Waals surface area contributed by atoms with Crippen molar-refractivity contribution >= 4 is 11.9 Å². The lowest BCUT2D eigenvalue weighted by Crippen LogP contribution is -2.60. The molecule has 1 aromatic heterocycles. The van der Waals surface area contributed by atoms with Crippen molar-refractivity contribution < 1.29 is 19.4 Å². The number of carboxylic acids is 1. The predicted octanol–water partition coefficient (Wildman–Crippen LogP) is 1.64. The fourth-order valence-corrected chi connectivity index (χ4v) is 4.14. The molecule has 128 valence electrons. The van der Waals surface area contributed by atoms with Gasteiger partial charge in [-0.25, -0.2) is 0 Å². The Morgan fingerprint density at radius 1 is 1.33 bits per heavy atom. The number of carboxylic acid groups (broad SMARTS) is 1. The standard InChI is InChI=1S/C18H22N2O4/c21-15(18-10-17(11-18,12-24-18)16(22)23)20(14-5-3-6-14)9-7-13-4-1-2-8-19-13/h1-2,4,8,14H,3,5-7,9-12H2,(H,22,23). The molecule has 0 spiro atoms. The monoisotopic (exact) mass is 330 g/mol. The van der Waals surface area contributed by atoms with E-state index in [0.717, 1.165) is 25.0 Å². The first kappa shape index (κ1) is 15.6. The van der Waals surface area contributed by atoms with Gasteiger partial charge in [-0.05, 0) is 31.4 Å². The summed E-state index contributed by atoms with van der Waals surface area (Å²) in [5.74, 6) is -0.857. The lowest BCUT2D eigenvalue weighted by atomic mass is 9.61. The first-order chi connectivity index (χ1) is 11.5. The number of carbonyl (C=O) groups excluding carboxylic acids is 1. The van der Waals surface area contributed by atoms with E-state index < -0.39 is 17.0 Å². The summed E-state index contributed by atoms with van der Waals surface area (Å²) in [5, 5.41) is 9.35. The van der Waals surface area contributed by atoms with Gasteiger partial charge in [0.15, 0.2) is 0 Å². The van der Waals surface area contributed by atoms with Gasteiger partial charge < -0.3 is 14.7 Å². The topological polar surface area (TPSA) is 79.7 Å². The highest BCUT2D eigenvalue weighted by atomic mass is 16.5. The molecule has 3 heterocycles. The molecule has 2 aliphatic heterocycles. The van der Waals surface area contributed by atoms with Gasteiger partial charge in [-0.3, -0.25) is 14.6 Å². The molecule has 2 bridgehead atoms. The van der Waals surface area contributed by atoms with E-state index in [4.69, 9.17) is 4.74 Å². The molecule has 6 heteroatoms. The SMILES string of the molecule is O=C(O)C12COC(C(=O)N(CCc3ccccn3)C3CCC3)(C1)C2. The summed E-state index contributed by atoms with van der Waals surface area (Å²) in [6.45, 7) is 0.776. The Morgan fingerprint density at radius 2 is 2.12 bits per heavy atom. The maximum Gasteiger partial charge on any atom is 0.312 e. The van der Waals surface area contributed by atoms with E-state index in [9.17, 15) is 14.7 Å².